The third-order valence-corrected chi connectivity index (χ3v) is 2.12. The number of urea groups is 1. The number of hydrogen-bond acceptors (Lipinski definition) is 5. The van der Waals surface area contributed by atoms with Crippen LogP contribution in [0, 0.1) is 0 Å². The number of amides is 3. The highest BCUT2D eigenvalue weighted by molar-refractivity contribution is 5.91. The summed E-state index contributed by atoms with van der Waals surface area (Å²) >= 11 is 0. The molecule has 1 rings (SSSR count). The van der Waals surface area contributed by atoms with E-state index in [1.165, 1.54) is 13.3 Å². The van der Waals surface area contributed by atoms with E-state index in [9.17, 15) is 14.4 Å². The standard InChI is InChI=1S/C12H14N4O5/c1-21-12(20)16-14-6-8-2-4-9(5-3-8)15-11(19)13-7-10(17)18/h2-6H,7H2,1H3,(H,16,20)(H,17,18)(H2,13,15,19). The number of benzene rings is 1. The lowest BCUT2D eigenvalue weighted by molar-refractivity contribution is -0.135. The molecule has 21 heavy (non-hydrogen) atoms. The molecule has 3 amide bonds. The van der Waals surface area contributed by atoms with Crippen LogP contribution in [0.25, 0.3) is 0 Å². The second-order valence-corrected chi connectivity index (χ2v) is 3.69. The maximum Gasteiger partial charge on any atom is 0.427 e. The minimum Gasteiger partial charge on any atom is -0.480 e. The second kappa shape index (κ2) is 8.15. The number of carbonyl (C=O) groups is 3. The first-order valence-electron chi connectivity index (χ1n) is 5.75. The summed E-state index contributed by atoms with van der Waals surface area (Å²) in [6.07, 6.45) is 0.713. The van der Waals surface area contributed by atoms with Crippen molar-refractivity contribution >= 4 is 30.0 Å². The van der Waals surface area contributed by atoms with E-state index < -0.39 is 24.6 Å². The normalized spacial score (nSPS) is 9.95. The molecule has 0 saturated heterocycles. The quantitative estimate of drug-likeness (QED) is 0.466. The van der Waals surface area contributed by atoms with Gasteiger partial charge in [-0.25, -0.2) is 15.0 Å². The second-order valence-electron chi connectivity index (χ2n) is 3.69. The van der Waals surface area contributed by atoms with Crippen molar-refractivity contribution in [3.8, 4) is 0 Å². The summed E-state index contributed by atoms with van der Waals surface area (Å²) in [5.74, 6) is -1.13. The van der Waals surface area contributed by atoms with Gasteiger partial charge >= 0.3 is 18.1 Å². The van der Waals surface area contributed by atoms with Crippen LogP contribution in [0.2, 0.25) is 0 Å². The topological polar surface area (TPSA) is 129 Å². The molecular weight excluding hydrogens is 280 g/mol. The Morgan fingerprint density at radius 3 is 2.52 bits per heavy atom. The van der Waals surface area contributed by atoms with Crippen molar-refractivity contribution in [3.63, 3.8) is 0 Å². The number of methoxy groups -OCH3 is 1. The molecule has 0 aromatic heterocycles. The van der Waals surface area contributed by atoms with Crippen molar-refractivity contribution < 1.29 is 24.2 Å². The molecule has 1 aromatic carbocycles. The average Bonchev–Trinajstić information content (AvgIpc) is 2.46. The molecule has 0 aliphatic rings. The number of hydrogen-bond donors (Lipinski definition) is 4. The van der Waals surface area contributed by atoms with Gasteiger partial charge in [-0.3, -0.25) is 4.79 Å². The number of hydrazone groups is 1. The molecule has 0 unspecified atom stereocenters. The molecule has 9 heteroatoms. The van der Waals surface area contributed by atoms with Gasteiger partial charge in [-0.05, 0) is 17.7 Å². The lowest BCUT2D eigenvalue weighted by Crippen LogP contribution is -2.33. The SMILES string of the molecule is COC(=O)NN=Cc1ccc(NC(=O)NCC(=O)O)cc1. The Hall–Kier alpha value is -3.10. The van der Waals surface area contributed by atoms with E-state index in [0.717, 1.165) is 0 Å². The molecule has 0 heterocycles. The fourth-order valence-corrected chi connectivity index (χ4v) is 1.19. The Balaban J connectivity index is 2.48. The van der Waals surface area contributed by atoms with Gasteiger partial charge in [0.2, 0.25) is 0 Å². The average molecular weight is 294 g/mol. The van der Waals surface area contributed by atoms with Gasteiger partial charge in [-0.15, -0.1) is 0 Å². The fourth-order valence-electron chi connectivity index (χ4n) is 1.19. The Bertz CT molecular complexity index is 541. The van der Waals surface area contributed by atoms with E-state index in [4.69, 9.17) is 5.11 Å². The van der Waals surface area contributed by atoms with Gasteiger partial charge in [-0.2, -0.15) is 5.10 Å². The molecule has 4 N–H and O–H groups in total. The number of nitrogens with zero attached hydrogens (tertiary/aromatic N) is 1. The van der Waals surface area contributed by atoms with E-state index in [-0.39, 0.29) is 0 Å². The van der Waals surface area contributed by atoms with Crippen LogP contribution in [0.1, 0.15) is 5.56 Å². The maximum atomic E-state index is 11.3. The minimum absolute atomic E-state index is 0.463. The van der Waals surface area contributed by atoms with Crippen molar-refractivity contribution in [1.29, 1.82) is 0 Å². The number of anilines is 1. The molecular formula is C12H14N4O5. The summed E-state index contributed by atoms with van der Waals surface area (Å²) in [7, 11) is 1.22. The number of nitrogens with one attached hydrogen (secondary N) is 3. The third kappa shape index (κ3) is 6.57. The Kier molecular flexibility index (Phi) is 6.19. The molecule has 0 aliphatic carbocycles. The number of ether oxygens (including phenoxy) is 1. The highest BCUT2D eigenvalue weighted by Crippen LogP contribution is 2.07. The largest absolute Gasteiger partial charge is 0.480 e. The Labute approximate surface area is 120 Å². The van der Waals surface area contributed by atoms with Gasteiger partial charge < -0.3 is 20.5 Å². The third-order valence-electron chi connectivity index (χ3n) is 2.12. The maximum absolute atomic E-state index is 11.3. The summed E-state index contributed by atoms with van der Waals surface area (Å²) in [5.41, 5.74) is 3.29. The zero-order valence-corrected chi connectivity index (χ0v) is 11.1. The van der Waals surface area contributed by atoms with Crippen LogP contribution >= 0.6 is 0 Å². The van der Waals surface area contributed by atoms with E-state index >= 15 is 0 Å². The molecule has 0 saturated carbocycles. The van der Waals surface area contributed by atoms with Crippen LogP contribution in [0.5, 0.6) is 0 Å². The summed E-state index contributed by atoms with van der Waals surface area (Å²) in [4.78, 5) is 32.3. The van der Waals surface area contributed by atoms with Crippen molar-refractivity contribution in [3.05, 3.63) is 29.8 Å². The zero-order valence-electron chi connectivity index (χ0n) is 11.1. The van der Waals surface area contributed by atoms with Gasteiger partial charge in [0.15, 0.2) is 0 Å². The van der Waals surface area contributed by atoms with Crippen LogP contribution in [-0.2, 0) is 9.53 Å². The van der Waals surface area contributed by atoms with Crippen LogP contribution in [-0.4, -0.2) is 43.1 Å². The monoisotopic (exact) mass is 294 g/mol. The molecule has 9 nitrogen and oxygen atoms in total. The summed E-state index contributed by atoms with van der Waals surface area (Å²) in [6.45, 7) is -0.463. The molecule has 0 fully saturated rings. The fraction of sp³-hybridized carbons (Fsp3) is 0.167. The van der Waals surface area contributed by atoms with E-state index in [2.05, 4.69) is 25.9 Å². The first kappa shape index (κ1) is 16.0. The number of carboxylic acids is 1. The van der Waals surface area contributed by atoms with Crippen LogP contribution in [0.3, 0.4) is 0 Å². The summed E-state index contributed by atoms with van der Waals surface area (Å²) in [5, 5.41) is 16.7. The predicted octanol–water partition coefficient (Wildman–Crippen LogP) is 0.583. The van der Waals surface area contributed by atoms with Crippen molar-refractivity contribution in [2.45, 2.75) is 0 Å². The van der Waals surface area contributed by atoms with Crippen molar-refractivity contribution in [2.24, 2.45) is 5.10 Å². The van der Waals surface area contributed by atoms with Crippen molar-refractivity contribution in [1.82, 2.24) is 10.7 Å². The Morgan fingerprint density at radius 1 is 1.29 bits per heavy atom. The van der Waals surface area contributed by atoms with Crippen molar-refractivity contribution in [2.75, 3.05) is 19.0 Å². The lowest BCUT2D eigenvalue weighted by Gasteiger charge is -2.05. The molecule has 0 atom stereocenters. The predicted molar refractivity (Wildman–Crippen MR) is 74.2 cm³/mol. The minimum atomic E-state index is -1.13. The zero-order chi connectivity index (χ0) is 15.7. The Morgan fingerprint density at radius 2 is 1.95 bits per heavy atom. The molecule has 1 aromatic rings. The highest BCUT2D eigenvalue weighted by Gasteiger charge is 2.03. The van der Waals surface area contributed by atoms with E-state index in [1.54, 1.807) is 24.3 Å². The van der Waals surface area contributed by atoms with Gasteiger partial charge in [0.25, 0.3) is 0 Å². The first-order chi connectivity index (χ1) is 10.0. The van der Waals surface area contributed by atoms with Crippen LogP contribution in [0.15, 0.2) is 29.4 Å². The van der Waals surface area contributed by atoms with Crippen LogP contribution < -0.4 is 16.1 Å². The molecule has 112 valence electrons. The molecule has 0 aliphatic heterocycles. The van der Waals surface area contributed by atoms with Gasteiger partial charge in [0.1, 0.15) is 6.54 Å². The van der Waals surface area contributed by atoms with Crippen LogP contribution in [0.4, 0.5) is 15.3 Å². The summed E-state index contributed by atoms with van der Waals surface area (Å²) in [6, 6.07) is 5.87. The van der Waals surface area contributed by atoms with Gasteiger partial charge in [0.05, 0.1) is 13.3 Å². The van der Waals surface area contributed by atoms with E-state index in [0.29, 0.717) is 11.3 Å². The number of rotatable bonds is 5. The van der Waals surface area contributed by atoms with Gasteiger partial charge in [-0.1, -0.05) is 12.1 Å². The number of aliphatic carboxylic acids is 1. The van der Waals surface area contributed by atoms with Gasteiger partial charge in [0, 0.05) is 5.69 Å². The molecule has 0 spiro atoms. The number of carbonyl (C=O) groups excluding carboxylic acids is 2. The highest BCUT2D eigenvalue weighted by atomic mass is 16.5. The lowest BCUT2D eigenvalue weighted by atomic mass is 10.2. The molecule has 0 bridgehead atoms. The molecule has 0 radical (unpaired) electrons. The van der Waals surface area contributed by atoms with E-state index in [1.807, 2.05) is 0 Å². The number of carboxylic acid groups (broad SMARTS) is 1. The smallest absolute Gasteiger partial charge is 0.427 e. The first-order valence-corrected chi connectivity index (χ1v) is 5.75. The summed E-state index contributed by atoms with van der Waals surface area (Å²) < 4.78 is 4.33.